The van der Waals surface area contributed by atoms with Gasteiger partial charge in [0, 0.05) is 12.8 Å². The van der Waals surface area contributed by atoms with Crippen molar-refractivity contribution in [3.05, 3.63) is 0 Å². The third kappa shape index (κ3) is 3.35. The predicted molar refractivity (Wildman–Crippen MR) is 48.4 cm³/mol. The maximum atomic E-state index is 10.8. The number of carbonyl (C=O) groups is 2. The molecule has 0 radical (unpaired) electrons. The highest BCUT2D eigenvalue weighted by Gasteiger charge is 2.26. The highest BCUT2D eigenvalue weighted by molar-refractivity contribution is 6.63. The van der Waals surface area contributed by atoms with E-state index in [0.717, 1.165) is 25.7 Å². The highest BCUT2D eigenvalue weighted by Crippen LogP contribution is 2.27. The zero-order chi connectivity index (χ0) is 9.84. The average Bonchev–Trinajstić information content (AvgIpc) is 2.04. The summed E-state index contributed by atoms with van der Waals surface area (Å²) in [5, 5.41) is -0.263. The molecule has 1 aliphatic carbocycles. The third-order valence-corrected chi connectivity index (χ3v) is 2.64. The fraction of sp³-hybridized carbons (Fsp3) is 0.778. The first kappa shape index (κ1) is 10.5. The van der Waals surface area contributed by atoms with Gasteiger partial charge < -0.3 is 4.74 Å². The fourth-order valence-corrected chi connectivity index (χ4v) is 1.86. The monoisotopic (exact) mass is 204 g/mol. The second kappa shape index (κ2) is 4.61. The Morgan fingerprint density at radius 3 is 2.15 bits per heavy atom. The molecule has 0 atom stereocenters. The van der Waals surface area contributed by atoms with Crippen LogP contribution in [0.3, 0.4) is 0 Å². The molecule has 74 valence electrons. The lowest BCUT2D eigenvalue weighted by molar-refractivity contribution is -0.148. The van der Waals surface area contributed by atoms with Crippen LogP contribution in [0.4, 0.5) is 0 Å². The summed E-state index contributed by atoms with van der Waals surface area (Å²) in [6.45, 7) is 1.40. The van der Waals surface area contributed by atoms with E-state index < -0.39 is 0 Å². The molecule has 0 N–H and O–H groups in total. The van der Waals surface area contributed by atoms with Crippen LogP contribution in [-0.4, -0.2) is 17.3 Å². The average molecular weight is 205 g/mol. The molecule has 0 aromatic heterocycles. The van der Waals surface area contributed by atoms with E-state index >= 15 is 0 Å². The number of hydrogen-bond acceptors (Lipinski definition) is 3. The van der Waals surface area contributed by atoms with Gasteiger partial charge in [-0.05, 0) is 37.3 Å². The van der Waals surface area contributed by atoms with Crippen LogP contribution in [0.1, 0.15) is 32.6 Å². The van der Waals surface area contributed by atoms with Crippen LogP contribution >= 0.6 is 11.6 Å². The maximum absolute atomic E-state index is 10.8. The molecule has 13 heavy (non-hydrogen) atoms. The van der Waals surface area contributed by atoms with E-state index in [1.165, 1.54) is 6.92 Å². The molecule has 0 bridgehead atoms. The Kier molecular flexibility index (Phi) is 3.72. The van der Waals surface area contributed by atoms with E-state index in [9.17, 15) is 9.59 Å². The van der Waals surface area contributed by atoms with Crippen LogP contribution in [0.2, 0.25) is 0 Å². The molecule has 1 rings (SSSR count). The molecule has 0 aliphatic heterocycles. The molecule has 0 heterocycles. The van der Waals surface area contributed by atoms with E-state index in [4.69, 9.17) is 16.3 Å². The minimum Gasteiger partial charge on any atom is -0.463 e. The Bertz CT molecular complexity index is 207. The van der Waals surface area contributed by atoms with E-state index in [0.29, 0.717) is 0 Å². The van der Waals surface area contributed by atoms with Crippen molar-refractivity contribution in [2.24, 2.45) is 5.92 Å². The van der Waals surface area contributed by atoms with Gasteiger partial charge in [-0.2, -0.15) is 0 Å². The zero-order valence-corrected chi connectivity index (χ0v) is 8.34. The summed E-state index contributed by atoms with van der Waals surface area (Å²) in [5.41, 5.74) is 0. The molecular weight excluding hydrogens is 192 g/mol. The second-order valence-electron chi connectivity index (χ2n) is 3.39. The van der Waals surface area contributed by atoms with Crippen molar-refractivity contribution in [3.8, 4) is 0 Å². The molecule has 0 unspecified atom stereocenters. The Morgan fingerprint density at radius 1 is 1.23 bits per heavy atom. The number of carbonyl (C=O) groups excluding carboxylic acids is 2. The number of ether oxygens (including phenoxy) is 1. The molecule has 0 amide bonds. The second-order valence-corrected chi connectivity index (χ2v) is 3.76. The molecule has 4 heteroatoms. The lowest BCUT2D eigenvalue weighted by Crippen LogP contribution is -2.25. The summed E-state index contributed by atoms with van der Waals surface area (Å²) in [6, 6.07) is 0. The molecule has 0 aromatic rings. The lowest BCUT2D eigenvalue weighted by Gasteiger charge is -2.25. The number of halogens is 1. The van der Waals surface area contributed by atoms with Crippen molar-refractivity contribution in [1.29, 1.82) is 0 Å². The van der Waals surface area contributed by atoms with Crippen LogP contribution in [0.25, 0.3) is 0 Å². The zero-order valence-electron chi connectivity index (χ0n) is 7.59. The summed E-state index contributed by atoms with van der Waals surface area (Å²) in [4.78, 5) is 21.4. The van der Waals surface area contributed by atoms with Crippen molar-refractivity contribution in [2.75, 3.05) is 0 Å². The maximum Gasteiger partial charge on any atom is 0.302 e. The Labute approximate surface area is 82.4 Å². The van der Waals surface area contributed by atoms with Gasteiger partial charge in [0.25, 0.3) is 0 Å². The molecular formula is C9H13ClO3. The summed E-state index contributed by atoms with van der Waals surface area (Å²) in [7, 11) is 0. The molecule has 0 spiro atoms. The van der Waals surface area contributed by atoms with Gasteiger partial charge in [-0.25, -0.2) is 0 Å². The number of hydrogen-bond donors (Lipinski definition) is 0. The van der Waals surface area contributed by atoms with Gasteiger partial charge >= 0.3 is 5.97 Å². The smallest absolute Gasteiger partial charge is 0.302 e. The summed E-state index contributed by atoms with van der Waals surface area (Å²) in [5.74, 6) is -0.283. The molecule has 1 saturated carbocycles. The van der Waals surface area contributed by atoms with Gasteiger partial charge in [-0.3, -0.25) is 9.59 Å². The fourth-order valence-electron chi connectivity index (χ4n) is 1.64. The van der Waals surface area contributed by atoms with Crippen molar-refractivity contribution < 1.29 is 14.3 Å². The van der Waals surface area contributed by atoms with E-state index in [2.05, 4.69) is 0 Å². The van der Waals surface area contributed by atoms with Crippen LogP contribution in [0.5, 0.6) is 0 Å². The third-order valence-electron chi connectivity index (χ3n) is 2.33. The quantitative estimate of drug-likeness (QED) is 0.510. The van der Waals surface area contributed by atoms with Gasteiger partial charge in [0.2, 0.25) is 5.24 Å². The molecule has 1 fully saturated rings. The number of esters is 1. The Hall–Kier alpha value is -0.570. The van der Waals surface area contributed by atoms with Crippen molar-refractivity contribution in [3.63, 3.8) is 0 Å². The van der Waals surface area contributed by atoms with Crippen LogP contribution in [0, 0.1) is 5.92 Å². The van der Waals surface area contributed by atoms with Crippen LogP contribution in [-0.2, 0) is 14.3 Å². The normalized spacial score (nSPS) is 28.2. The van der Waals surface area contributed by atoms with E-state index in [1.54, 1.807) is 0 Å². The van der Waals surface area contributed by atoms with Crippen molar-refractivity contribution in [2.45, 2.75) is 38.7 Å². The summed E-state index contributed by atoms with van der Waals surface area (Å²) in [6.07, 6.45) is 2.97. The molecule has 0 saturated heterocycles. The lowest BCUT2D eigenvalue weighted by atomic mass is 9.88. The SMILES string of the molecule is CC(=O)O[C@H]1CC[C@H](C(=O)Cl)CC1. The first-order valence-corrected chi connectivity index (χ1v) is 4.84. The van der Waals surface area contributed by atoms with Gasteiger partial charge in [0.05, 0.1) is 0 Å². The highest BCUT2D eigenvalue weighted by atomic mass is 35.5. The molecule has 1 aliphatic rings. The predicted octanol–water partition coefficient (Wildman–Crippen LogP) is 1.87. The summed E-state index contributed by atoms with van der Waals surface area (Å²) < 4.78 is 5.03. The molecule has 0 aromatic carbocycles. The van der Waals surface area contributed by atoms with Crippen LogP contribution in [0.15, 0.2) is 0 Å². The van der Waals surface area contributed by atoms with Crippen molar-refractivity contribution >= 4 is 22.8 Å². The first-order chi connectivity index (χ1) is 6.09. The summed E-state index contributed by atoms with van der Waals surface area (Å²) >= 11 is 5.36. The van der Waals surface area contributed by atoms with Crippen LogP contribution < -0.4 is 0 Å². The number of rotatable bonds is 2. The first-order valence-electron chi connectivity index (χ1n) is 4.46. The van der Waals surface area contributed by atoms with Gasteiger partial charge in [-0.15, -0.1) is 0 Å². The standard InChI is InChI=1S/C9H13ClO3/c1-6(11)13-8-4-2-7(3-5-8)9(10)12/h7-8H,2-5H2,1H3/t7-,8-. The van der Waals surface area contributed by atoms with Gasteiger partial charge in [-0.1, -0.05) is 0 Å². The minimum absolute atomic E-state index is 0.00948. The largest absolute Gasteiger partial charge is 0.463 e. The molecule has 3 nitrogen and oxygen atoms in total. The van der Waals surface area contributed by atoms with E-state index in [-0.39, 0.29) is 23.2 Å². The Balaban J connectivity index is 2.30. The van der Waals surface area contributed by atoms with Gasteiger partial charge in [0.15, 0.2) is 0 Å². The van der Waals surface area contributed by atoms with Crippen molar-refractivity contribution in [1.82, 2.24) is 0 Å². The Morgan fingerprint density at radius 2 is 1.77 bits per heavy atom. The van der Waals surface area contributed by atoms with Gasteiger partial charge in [0.1, 0.15) is 6.10 Å². The van der Waals surface area contributed by atoms with E-state index in [1.807, 2.05) is 0 Å². The topological polar surface area (TPSA) is 43.4 Å². The minimum atomic E-state index is -0.263.